The summed E-state index contributed by atoms with van der Waals surface area (Å²) in [7, 11) is -0.969. The van der Waals surface area contributed by atoms with Gasteiger partial charge in [0, 0.05) is 39.5 Å². The monoisotopic (exact) mass is 259 g/mol. The van der Waals surface area contributed by atoms with Gasteiger partial charge in [0.15, 0.2) is 0 Å². The zero-order valence-electron chi connectivity index (χ0n) is 9.58. The lowest BCUT2D eigenvalue weighted by atomic mass is 10.1. The summed E-state index contributed by atoms with van der Waals surface area (Å²) in [5.41, 5.74) is 0.397. The zero-order chi connectivity index (χ0) is 12.4. The van der Waals surface area contributed by atoms with Crippen LogP contribution >= 0.6 is 0 Å². The van der Waals surface area contributed by atoms with E-state index in [1.165, 1.54) is 12.1 Å². The molecular formula is C12H15F2NOS. The minimum atomic E-state index is -0.969. The highest BCUT2D eigenvalue weighted by atomic mass is 32.2. The van der Waals surface area contributed by atoms with Crippen LogP contribution in [0.5, 0.6) is 0 Å². The lowest BCUT2D eigenvalue weighted by molar-refractivity contribution is 0.523. The Morgan fingerprint density at radius 1 is 1.41 bits per heavy atom. The lowest BCUT2D eigenvalue weighted by Gasteiger charge is -2.16. The van der Waals surface area contributed by atoms with Crippen molar-refractivity contribution in [2.75, 3.05) is 12.3 Å². The Bertz CT molecular complexity index is 439. The van der Waals surface area contributed by atoms with Gasteiger partial charge in [0.05, 0.1) is 0 Å². The molecule has 0 spiro atoms. The van der Waals surface area contributed by atoms with Gasteiger partial charge in [0.25, 0.3) is 0 Å². The summed E-state index contributed by atoms with van der Waals surface area (Å²) in [5.74, 6) is -0.785. The van der Waals surface area contributed by atoms with Gasteiger partial charge in [0.1, 0.15) is 11.6 Å². The predicted molar refractivity (Wildman–Crippen MR) is 64.2 cm³/mol. The second-order valence-electron chi connectivity index (χ2n) is 4.32. The molecule has 1 aromatic carbocycles. The van der Waals surface area contributed by atoms with E-state index in [0.717, 1.165) is 12.5 Å². The van der Waals surface area contributed by atoms with Crippen LogP contribution in [0.15, 0.2) is 18.2 Å². The maximum Gasteiger partial charge on any atom is 0.130 e. The van der Waals surface area contributed by atoms with E-state index in [-0.39, 0.29) is 11.3 Å². The predicted octanol–water partition coefficient (Wildman–Crippen LogP) is 2.14. The van der Waals surface area contributed by atoms with Crippen molar-refractivity contribution in [3.63, 3.8) is 0 Å². The smallest absolute Gasteiger partial charge is 0.130 e. The summed E-state index contributed by atoms with van der Waals surface area (Å²) in [4.78, 5) is 0. The molecule has 17 heavy (non-hydrogen) atoms. The molecule has 0 aromatic heterocycles. The van der Waals surface area contributed by atoms with Crippen molar-refractivity contribution in [1.29, 1.82) is 0 Å². The van der Waals surface area contributed by atoms with E-state index in [4.69, 9.17) is 0 Å². The van der Waals surface area contributed by atoms with E-state index in [0.29, 0.717) is 17.9 Å². The fraction of sp³-hybridized carbons (Fsp3) is 0.500. The molecule has 1 aliphatic rings. The second-order valence-corrected chi connectivity index (χ2v) is 6.22. The fourth-order valence-corrected chi connectivity index (χ4v) is 3.30. The molecule has 1 aromatic rings. The van der Waals surface area contributed by atoms with Crippen LogP contribution in [0, 0.1) is 11.6 Å². The molecule has 2 nitrogen and oxygen atoms in total. The Morgan fingerprint density at radius 2 is 2.18 bits per heavy atom. The highest BCUT2D eigenvalue weighted by Gasteiger charge is 2.24. The average Bonchev–Trinajstić information content (AvgIpc) is 2.42. The molecule has 94 valence electrons. The van der Waals surface area contributed by atoms with Crippen LogP contribution in [0.1, 0.15) is 24.9 Å². The highest BCUT2D eigenvalue weighted by Crippen LogP contribution is 2.22. The standard InChI is InChI=1S/C12H15F2NOS/c1-8-4-5-15-12(7-17(8)16)10-3-2-9(13)6-11(10)14/h2-3,6,8,12,15H,4-5,7H2,1H3. The summed E-state index contributed by atoms with van der Waals surface area (Å²) < 4.78 is 38.3. The summed E-state index contributed by atoms with van der Waals surface area (Å²) in [6.45, 7) is 2.63. The number of benzene rings is 1. The number of hydrogen-bond acceptors (Lipinski definition) is 2. The van der Waals surface area contributed by atoms with Crippen LogP contribution in [-0.2, 0) is 10.8 Å². The first kappa shape index (κ1) is 12.6. The number of hydrogen-bond donors (Lipinski definition) is 1. The maximum absolute atomic E-state index is 13.6. The third-order valence-corrected chi connectivity index (χ3v) is 4.85. The molecule has 0 bridgehead atoms. The van der Waals surface area contributed by atoms with Crippen LogP contribution in [0.2, 0.25) is 0 Å². The van der Waals surface area contributed by atoms with Crippen molar-refractivity contribution in [2.24, 2.45) is 0 Å². The molecule has 0 amide bonds. The minimum absolute atomic E-state index is 0.121. The molecule has 0 radical (unpaired) electrons. The highest BCUT2D eigenvalue weighted by molar-refractivity contribution is 7.85. The molecule has 0 aliphatic carbocycles. The van der Waals surface area contributed by atoms with Crippen molar-refractivity contribution in [2.45, 2.75) is 24.6 Å². The molecule has 1 saturated heterocycles. The molecule has 5 heteroatoms. The maximum atomic E-state index is 13.6. The third-order valence-electron chi connectivity index (χ3n) is 3.06. The van der Waals surface area contributed by atoms with Crippen LogP contribution in [0.25, 0.3) is 0 Å². The Labute approximate surface area is 102 Å². The van der Waals surface area contributed by atoms with E-state index in [2.05, 4.69) is 5.32 Å². The Kier molecular flexibility index (Phi) is 3.89. The summed E-state index contributed by atoms with van der Waals surface area (Å²) >= 11 is 0. The van der Waals surface area contributed by atoms with E-state index in [1.807, 2.05) is 6.92 Å². The van der Waals surface area contributed by atoms with Gasteiger partial charge in [-0.25, -0.2) is 8.78 Å². The summed E-state index contributed by atoms with van der Waals surface area (Å²) in [5, 5.41) is 3.28. The largest absolute Gasteiger partial charge is 0.309 e. The van der Waals surface area contributed by atoms with Gasteiger partial charge < -0.3 is 5.32 Å². The van der Waals surface area contributed by atoms with E-state index in [9.17, 15) is 13.0 Å². The van der Waals surface area contributed by atoms with Crippen molar-refractivity contribution in [3.8, 4) is 0 Å². The van der Waals surface area contributed by atoms with Gasteiger partial charge in [-0.1, -0.05) is 13.0 Å². The SMILES string of the molecule is CC1CCNC(c2ccc(F)cc2F)CS1=O. The summed E-state index contributed by atoms with van der Waals surface area (Å²) in [6.07, 6.45) is 0.811. The Hall–Kier alpha value is -0.810. The van der Waals surface area contributed by atoms with Crippen LogP contribution in [0.3, 0.4) is 0 Å². The average molecular weight is 259 g/mol. The van der Waals surface area contributed by atoms with Gasteiger partial charge in [0.2, 0.25) is 0 Å². The first-order valence-electron chi connectivity index (χ1n) is 5.63. The van der Waals surface area contributed by atoms with E-state index < -0.39 is 22.4 Å². The fourth-order valence-electron chi connectivity index (χ4n) is 1.96. The van der Waals surface area contributed by atoms with Gasteiger partial charge in [-0.3, -0.25) is 4.21 Å². The number of rotatable bonds is 1. The molecule has 0 saturated carbocycles. The van der Waals surface area contributed by atoms with Crippen LogP contribution in [0.4, 0.5) is 8.78 Å². The number of nitrogens with one attached hydrogen (secondary N) is 1. The van der Waals surface area contributed by atoms with E-state index in [1.54, 1.807) is 0 Å². The molecule has 3 atom stereocenters. The van der Waals surface area contributed by atoms with E-state index >= 15 is 0 Å². The van der Waals surface area contributed by atoms with Crippen molar-refractivity contribution >= 4 is 10.8 Å². The minimum Gasteiger partial charge on any atom is -0.309 e. The van der Waals surface area contributed by atoms with Crippen molar-refractivity contribution in [1.82, 2.24) is 5.32 Å². The van der Waals surface area contributed by atoms with Gasteiger partial charge >= 0.3 is 0 Å². The molecule has 2 rings (SSSR count). The first-order chi connectivity index (χ1) is 8.08. The lowest BCUT2D eigenvalue weighted by Crippen LogP contribution is -2.25. The summed E-state index contributed by atoms with van der Waals surface area (Å²) in [6, 6.07) is 3.24. The van der Waals surface area contributed by atoms with Crippen LogP contribution in [-0.4, -0.2) is 21.8 Å². The van der Waals surface area contributed by atoms with Gasteiger partial charge in [-0.2, -0.15) is 0 Å². The number of halogens is 2. The molecule has 1 fully saturated rings. The second kappa shape index (κ2) is 5.23. The zero-order valence-corrected chi connectivity index (χ0v) is 10.4. The quantitative estimate of drug-likeness (QED) is 0.837. The Balaban J connectivity index is 2.24. The van der Waals surface area contributed by atoms with Crippen LogP contribution < -0.4 is 5.32 Å². The first-order valence-corrected chi connectivity index (χ1v) is 7.01. The normalized spacial score (nSPS) is 29.9. The Morgan fingerprint density at radius 3 is 2.88 bits per heavy atom. The van der Waals surface area contributed by atoms with Crippen molar-refractivity contribution < 1.29 is 13.0 Å². The topological polar surface area (TPSA) is 29.1 Å². The molecule has 3 unspecified atom stereocenters. The molecule has 1 N–H and O–H groups in total. The van der Waals surface area contributed by atoms with Crippen molar-refractivity contribution in [3.05, 3.63) is 35.4 Å². The van der Waals surface area contributed by atoms with Gasteiger partial charge in [-0.15, -0.1) is 0 Å². The molecular weight excluding hydrogens is 244 g/mol. The third kappa shape index (κ3) is 2.90. The van der Waals surface area contributed by atoms with Gasteiger partial charge in [-0.05, 0) is 19.0 Å². The molecule has 1 heterocycles. The molecule has 1 aliphatic heterocycles.